The van der Waals surface area contributed by atoms with E-state index < -0.39 is 23.8 Å². The van der Waals surface area contributed by atoms with Gasteiger partial charge in [0.15, 0.2) is 6.10 Å². The largest absolute Gasteiger partial charge is 0.479 e. The number of rotatable bonds is 4. The van der Waals surface area contributed by atoms with Crippen LogP contribution < -0.4 is 4.74 Å². The van der Waals surface area contributed by atoms with Gasteiger partial charge >= 0.3 is 12.1 Å². The highest BCUT2D eigenvalue weighted by Gasteiger charge is 2.30. The molecule has 17 heavy (non-hydrogen) atoms. The Hall–Kier alpha value is -1.72. The van der Waals surface area contributed by atoms with E-state index in [1.165, 1.54) is 0 Å². The first kappa shape index (κ1) is 13.3. The van der Waals surface area contributed by atoms with Gasteiger partial charge < -0.3 is 9.84 Å². The zero-order chi connectivity index (χ0) is 13.1. The molecular formula is C11H11F3O3. The summed E-state index contributed by atoms with van der Waals surface area (Å²) in [6, 6.07) is 3.91. The van der Waals surface area contributed by atoms with E-state index in [4.69, 9.17) is 9.84 Å². The van der Waals surface area contributed by atoms with Crippen LogP contribution in [0.25, 0.3) is 0 Å². The molecule has 0 aliphatic carbocycles. The lowest BCUT2D eigenvalue weighted by atomic mass is 10.2. The van der Waals surface area contributed by atoms with Gasteiger partial charge in [0.2, 0.25) is 0 Å². The number of halogens is 3. The van der Waals surface area contributed by atoms with Crippen molar-refractivity contribution in [2.24, 2.45) is 0 Å². The lowest BCUT2D eigenvalue weighted by Crippen LogP contribution is -2.25. The highest BCUT2D eigenvalue weighted by Crippen LogP contribution is 2.30. The van der Waals surface area contributed by atoms with Crippen molar-refractivity contribution < 1.29 is 27.8 Å². The van der Waals surface area contributed by atoms with Crippen LogP contribution in [-0.2, 0) is 11.0 Å². The highest BCUT2D eigenvalue weighted by atomic mass is 19.4. The normalized spacial score (nSPS) is 13.2. The summed E-state index contributed by atoms with van der Waals surface area (Å²) in [6.45, 7) is 1.61. The van der Waals surface area contributed by atoms with Crippen LogP contribution in [0.15, 0.2) is 24.3 Å². The Balaban J connectivity index is 2.78. The summed E-state index contributed by atoms with van der Waals surface area (Å²) < 4.78 is 41.8. The molecule has 0 aliphatic rings. The summed E-state index contributed by atoms with van der Waals surface area (Å²) in [7, 11) is 0. The van der Waals surface area contributed by atoms with E-state index in [0.717, 1.165) is 24.3 Å². The Morgan fingerprint density at radius 3 is 2.24 bits per heavy atom. The molecule has 0 unspecified atom stereocenters. The molecule has 0 radical (unpaired) electrons. The van der Waals surface area contributed by atoms with E-state index >= 15 is 0 Å². The first-order valence-corrected chi connectivity index (χ1v) is 4.91. The molecule has 0 aliphatic heterocycles. The van der Waals surface area contributed by atoms with Crippen LogP contribution >= 0.6 is 0 Å². The van der Waals surface area contributed by atoms with Crippen molar-refractivity contribution in [3.63, 3.8) is 0 Å². The molecule has 0 amide bonds. The maximum Gasteiger partial charge on any atom is 0.416 e. The number of hydrogen-bond donors (Lipinski definition) is 1. The minimum absolute atomic E-state index is 0.104. The fraction of sp³-hybridized carbons (Fsp3) is 0.364. The second-order valence-electron chi connectivity index (χ2n) is 3.38. The second-order valence-corrected chi connectivity index (χ2v) is 3.38. The van der Waals surface area contributed by atoms with Gasteiger partial charge in [-0.15, -0.1) is 0 Å². The number of aliphatic carboxylic acids is 1. The molecule has 94 valence electrons. The average Bonchev–Trinajstić information content (AvgIpc) is 2.25. The zero-order valence-electron chi connectivity index (χ0n) is 8.99. The standard InChI is InChI=1S/C11H11F3O3/c1-2-9(10(15)16)17-8-5-3-7(4-6-8)11(12,13)14/h3-6,9H,2H2,1H3,(H,15,16)/t9-/m0/s1. The average molecular weight is 248 g/mol. The molecule has 0 heterocycles. The molecular weight excluding hydrogens is 237 g/mol. The first-order chi connectivity index (χ1) is 7.84. The molecule has 1 aromatic carbocycles. The Morgan fingerprint density at radius 1 is 1.35 bits per heavy atom. The minimum Gasteiger partial charge on any atom is -0.479 e. The molecule has 1 N–H and O–H groups in total. The van der Waals surface area contributed by atoms with Crippen LogP contribution in [0.5, 0.6) is 5.75 Å². The van der Waals surface area contributed by atoms with Crippen molar-refractivity contribution in [3.05, 3.63) is 29.8 Å². The van der Waals surface area contributed by atoms with Crippen molar-refractivity contribution in [1.82, 2.24) is 0 Å². The Bertz CT molecular complexity index is 384. The molecule has 0 saturated heterocycles. The molecule has 1 aromatic rings. The van der Waals surface area contributed by atoms with Crippen LogP contribution in [-0.4, -0.2) is 17.2 Å². The van der Waals surface area contributed by atoms with Crippen molar-refractivity contribution in [3.8, 4) is 5.75 Å². The molecule has 1 atom stereocenters. The third-order valence-corrected chi connectivity index (χ3v) is 2.11. The fourth-order valence-corrected chi connectivity index (χ4v) is 1.20. The van der Waals surface area contributed by atoms with Gasteiger partial charge in [-0.05, 0) is 30.7 Å². The lowest BCUT2D eigenvalue weighted by Gasteiger charge is -2.13. The smallest absolute Gasteiger partial charge is 0.416 e. The number of benzene rings is 1. The summed E-state index contributed by atoms with van der Waals surface area (Å²) in [4.78, 5) is 10.7. The third-order valence-electron chi connectivity index (χ3n) is 2.11. The van der Waals surface area contributed by atoms with Crippen LogP contribution in [0.1, 0.15) is 18.9 Å². The van der Waals surface area contributed by atoms with Gasteiger partial charge in [0.1, 0.15) is 5.75 Å². The lowest BCUT2D eigenvalue weighted by molar-refractivity contribution is -0.145. The summed E-state index contributed by atoms with van der Waals surface area (Å²) >= 11 is 0. The maximum absolute atomic E-state index is 12.2. The third kappa shape index (κ3) is 3.65. The molecule has 0 aromatic heterocycles. The van der Waals surface area contributed by atoms with E-state index in [2.05, 4.69) is 0 Å². The number of ether oxygens (including phenoxy) is 1. The van der Waals surface area contributed by atoms with Gasteiger partial charge in [-0.2, -0.15) is 13.2 Å². The molecule has 3 nitrogen and oxygen atoms in total. The van der Waals surface area contributed by atoms with E-state index in [-0.39, 0.29) is 12.2 Å². The monoisotopic (exact) mass is 248 g/mol. The molecule has 0 saturated carbocycles. The van der Waals surface area contributed by atoms with Crippen LogP contribution in [0.3, 0.4) is 0 Å². The summed E-state index contributed by atoms with van der Waals surface area (Å²) in [6.07, 6.45) is -5.22. The Labute approximate surface area is 95.8 Å². The van der Waals surface area contributed by atoms with Crippen LogP contribution in [0.2, 0.25) is 0 Å². The summed E-state index contributed by atoms with van der Waals surface area (Å²) in [5.41, 5.74) is -0.798. The van der Waals surface area contributed by atoms with Gasteiger partial charge in [0.25, 0.3) is 0 Å². The molecule has 0 fully saturated rings. The van der Waals surface area contributed by atoms with Gasteiger partial charge in [-0.3, -0.25) is 0 Å². The zero-order valence-corrected chi connectivity index (χ0v) is 8.99. The van der Waals surface area contributed by atoms with E-state index in [1.54, 1.807) is 6.92 Å². The van der Waals surface area contributed by atoms with Gasteiger partial charge in [0, 0.05) is 0 Å². The van der Waals surface area contributed by atoms with Gasteiger partial charge in [-0.25, -0.2) is 4.79 Å². The second kappa shape index (κ2) is 5.07. The molecule has 6 heteroatoms. The maximum atomic E-state index is 12.2. The van der Waals surface area contributed by atoms with Crippen LogP contribution in [0.4, 0.5) is 13.2 Å². The number of carbonyl (C=O) groups is 1. The van der Waals surface area contributed by atoms with Gasteiger partial charge in [0.05, 0.1) is 5.56 Å². The van der Waals surface area contributed by atoms with Crippen molar-refractivity contribution >= 4 is 5.97 Å². The highest BCUT2D eigenvalue weighted by molar-refractivity contribution is 5.72. The van der Waals surface area contributed by atoms with Crippen molar-refractivity contribution in [2.45, 2.75) is 25.6 Å². The number of carboxylic acid groups (broad SMARTS) is 1. The van der Waals surface area contributed by atoms with E-state index in [1.807, 2.05) is 0 Å². The summed E-state index contributed by atoms with van der Waals surface area (Å²) in [5, 5.41) is 8.71. The molecule has 1 rings (SSSR count). The number of carboxylic acids is 1. The van der Waals surface area contributed by atoms with Crippen molar-refractivity contribution in [1.29, 1.82) is 0 Å². The number of hydrogen-bond acceptors (Lipinski definition) is 2. The van der Waals surface area contributed by atoms with E-state index in [9.17, 15) is 18.0 Å². The van der Waals surface area contributed by atoms with E-state index in [0.29, 0.717) is 0 Å². The van der Waals surface area contributed by atoms with Crippen molar-refractivity contribution in [2.75, 3.05) is 0 Å². The van der Waals surface area contributed by atoms with Crippen LogP contribution in [0, 0.1) is 0 Å². The molecule has 0 spiro atoms. The predicted octanol–water partition coefficient (Wildman–Crippen LogP) is 2.95. The first-order valence-electron chi connectivity index (χ1n) is 4.91. The Morgan fingerprint density at radius 2 is 1.88 bits per heavy atom. The SMILES string of the molecule is CC[C@H](Oc1ccc(C(F)(F)F)cc1)C(=O)O. The predicted molar refractivity (Wildman–Crippen MR) is 53.8 cm³/mol. The minimum atomic E-state index is -4.41. The fourth-order valence-electron chi connectivity index (χ4n) is 1.20. The quantitative estimate of drug-likeness (QED) is 0.891. The van der Waals surface area contributed by atoms with Gasteiger partial charge in [-0.1, -0.05) is 6.92 Å². The summed E-state index contributed by atoms with van der Waals surface area (Å²) in [5.74, 6) is -1.04. The Kier molecular flexibility index (Phi) is 3.98. The topological polar surface area (TPSA) is 46.5 Å². The number of alkyl halides is 3. The molecule has 0 bridgehead atoms.